The number of nitrogens with zero attached hydrogens (tertiary/aromatic N) is 1. The second-order valence-corrected chi connectivity index (χ2v) is 24.8. The number of quaternary nitrogens is 1. The minimum Gasteiger partial charge on any atom is -0.477 e. The monoisotopic (exact) mass is 1190 g/mol. The van der Waals surface area contributed by atoms with Crippen molar-refractivity contribution < 1.29 is 42.9 Å². The molecular weight excluding hydrogens is 1050 g/mol. The van der Waals surface area contributed by atoms with Crippen molar-refractivity contribution in [1.29, 1.82) is 0 Å². The number of esters is 2. The van der Waals surface area contributed by atoms with Gasteiger partial charge in [-0.25, -0.2) is 4.79 Å². The topological polar surface area (TPSA) is 108 Å². The van der Waals surface area contributed by atoms with Gasteiger partial charge in [0.25, 0.3) is 6.29 Å². The number of carboxylic acids is 1. The van der Waals surface area contributed by atoms with E-state index in [-0.39, 0.29) is 32.2 Å². The highest BCUT2D eigenvalue weighted by Gasteiger charge is 2.25. The Bertz CT molecular complexity index is 1720. The highest BCUT2D eigenvalue weighted by Crippen LogP contribution is 2.18. The molecule has 2 unspecified atom stereocenters. The summed E-state index contributed by atoms with van der Waals surface area (Å²) in [6.45, 7) is 4.77. The predicted octanol–water partition coefficient (Wildman–Crippen LogP) is 22.0. The molecule has 0 amide bonds. The first-order valence-electron chi connectivity index (χ1n) is 35.4. The number of unbranched alkanes of at least 4 members (excludes halogenated alkanes) is 34. The molecule has 0 saturated heterocycles. The molecule has 9 heteroatoms. The van der Waals surface area contributed by atoms with Gasteiger partial charge in [-0.1, -0.05) is 317 Å². The Morgan fingerprint density at radius 1 is 0.365 bits per heavy atom. The van der Waals surface area contributed by atoms with Gasteiger partial charge in [0.15, 0.2) is 6.10 Å². The first kappa shape index (κ1) is 81.2. The molecule has 1 N–H and O–H groups in total. The summed E-state index contributed by atoms with van der Waals surface area (Å²) >= 11 is 0. The molecule has 0 heterocycles. The number of carbonyl (C=O) groups is 3. The van der Waals surface area contributed by atoms with E-state index in [9.17, 15) is 19.5 Å². The van der Waals surface area contributed by atoms with Crippen molar-refractivity contribution in [2.75, 3.05) is 47.5 Å². The van der Waals surface area contributed by atoms with Gasteiger partial charge >= 0.3 is 17.9 Å². The van der Waals surface area contributed by atoms with Gasteiger partial charge in [-0.05, 0) is 77.0 Å². The summed E-state index contributed by atoms with van der Waals surface area (Å²) in [5.41, 5.74) is 0. The van der Waals surface area contributed by atoms with Crippen molar-refractivity contribution >= 4 is 17.9 Å². The first-order chi connectivity index (χ1) is 41.6. The smallest absolute Gasteiger partial charge is 0.361 e. The number of ether oxygens (including phenoxy) is 4. The molecule has 85 heavy (non-hydrogen) atoms. The van der Waals surface area contributed by atoms with Crippen LogP contribution in [0.3, 0.4) is 0 Å². The normalized spacial score (nSPS) is 13.3. The summed E-state index contributed by atoms with van der Waals surface area (Å²) in [5.74, 6) is -2.03. The molecule has 0 bridgehead atoms. The lowest BCUT2D eigenvalue weighted by atomic mass is 10.0. The molecule has 0 rings (SSSR count). The van der Waals surface area contributed by atoms with Crippen LogP contribution in [0.1, 0.15) is 309 Å². The number of carbonyl (C=O) groups excluding carboxylic acids is 2. The number of hydrogen-bond donors (Lipinski definition) is 1. The van der Waals surface area contributed by atoms with Crippen molar-refractivity contribution in [1.82, 2.24) is 0 Å². The van der Waals surface area contributed by atoms with Crippen LogP contribution < -0.4 is 0 Å². The van der Waals surface area contributed by atoms with Gasteiger partial charge in [0, 0.05) is 12.8 Å². The number of aliphatic carboxylic acids is 1. The maximum absolute atomic E-state index is 12.9. The third kappa shape index (κ3) is 67.6. The summed E-state index contributed by atoms with van der Waals surface area (Å²) < 4.78 is 23.0. The van der Waals surface area contributed by atoms with Crippen LogP contribution >= 0.6 is 0 Å². The summed E-state index contributed by atoms with van der Waals surface area (Å²) in [5, 5.41) is 9.74. The Balaban J connectivity index is 4.16. The van der Waals surface area contributed by atoms with Crippen molar-refractivity contribution in [2.45, 2.75) is 322 Å². The Morgan fingerprint density at radius 2 is 0.671 bits per heavy atom. The van der Waals surface area contributed by atoms with Crippen LogP contribution in [0.4, 0.5) is 0 Å². The van der Waals surface area contributed by atoms with E-state index in [2.05, 4.69) is 111 Å². The summed E-state index contributed by atoms with van der Waals surface area (Å²) in [4.78, 5) is 37.6. The van der Waals surface area contributed by atoms with Gasteiger partial charge < -0.3 is 28.5 Å². The largest absolute Gasteiger partial charge is 0.477 e. The Kier molecular flexibility index (Phi) is 63.2. The zero-order valence-corrected chi connectivity index (χ0v) is 56.0. The molecule has 0 aliphatic carbocycles. The molecule has 0 aromatic heterocycles. The van der Waals surface area contributed by atoms with E-state index in [4.69, 9.17) is 18.9 Å². The van der Waals surface area contributed by atoms with Gasteiger partial charge in [-0.15, -0.1) is 0 Å². The molecule has 9 nitrogen and oxygen atoms in total. The fourth-order valence-electron chi connectivity index (χ4n) is 9.97. The maximum Gasteiger partial charge on any atom is 0.361 e. The lowest BCUT2D eigenvalue weighted by molar-refractivity contribution is -0.870. The van der Waals surface area contributed by atoms with Crippen LogP contribution in [0.2, 0.25) is 0 Å². The van der Waals surface area contributed by atoms with Gasteiger partial charge in [-0.3, -0.25) is 9.59 Å². The average Bonchev–Trinajstić information content (AvgIpc) is 3.48. The van der Waals surface area contributed by atoms with Gasteiger partial charge in [0.2, 0.25) is 0 Å². The minimum absolute atomic E-state index is 0.179. The number of rotatable bonds is 65. The quantitative estimate of drug-likeness (QED) is 0.0211. The van der Waals surface area contributed by atoms with E-state index in [1.165, 1.54) is 180 Å². The van der Waals surface area contributed by atoms with Crippen LogP contribution in [0, 0.1) is 0 Å². The zero-order valence-electron chi connectivity index (χ0n) is 56.0. The lowest BCUT2D eigenvalue weighted by Crippen LogP contribution is -2.40. The lowest BCUT2D eigenvalue weighted by Gasteiger charge is -2.25. The number of hydrogen-bond acceptors (Lipinski definition) is 7. The average molecular weight is 1190 g/mol. The summed E-state index contributed by atoms with van der Waals surface area (Å²) in [6, 6.07) is 0. The third-order valence-electron chi connectivity index (χ3n) is 15.4. The van der Waals surface area contributed by atoms with Crippen LogP contribution in [-0.2, 0) is 33.3 Å². The second kappa shape index (κ2) is 66.2. The standard InChI is InChI=1S/C76H133NO8/c1-6-8-10-12-14-16-18-20-22-24-26-28-30-32-34-36-37-39-40-42-44-46-48-50-52-54-56-58-60-62-64-66-73(78)83-70-72(71-84-76(75(80)81)82-69-68-77(3,4)5)85-74(79)67-65-63-61-59-57-55-53-51-49-47-45-43-41-38-35-33-31-29-27-25-23-21-19-17-15-13-11-9-7-2/h9,11,15,17,21,23,27,29,33,35,41,43,47,49,53,55,72,76H,6-8,10,12-14,16,18-20,22,24-26,28,30-32,34,36-40,42,44-46,48,50-52,54,56-71H2,1-5H3/p+1/b11-9-,17-15-,23-21-,29-27-,35-33-,43-41-,49-47-,55-53-. The van der Waals surface area contributed by atoms with Gasteiger partial charge in [-0.2, -0.15) is 0 Å². The summed E-state index contributed by atoms with van der Waals surface area (Å²) in [6.07, 6.45) is 88.2. The van der Waals surface area contributed by atoms with Gasteiger partial charge in [0.1, 0.15) is 13.2 Å². The van der Waals surface area contributed by atoms with Crippen molar-refractivity contribution in [3.8, 4) is 0 Å². The van der Waals surface area contributed by atoms with Crippen molar-refractivity contribution in [2.24, 2.45) is 0 Å². The molecule has 0 radical (unpaired) electrons. The van der Waals surface area contributed by atoms with E-state index in [1.54, 1.807) is 0 Å². The third-order valence-corrected chi connectivity index (χ3v) is 15.4. The minimum atomic E-state index is -1.52. The fourth-order valence-corrected chi connectivity index (χ4v) is 9.97. The Labute approximate surface area is 524 Å². The molecule has 0 aliphatic rings. The van der Waals surface area contributed by atoms with Crippen LogP contribution in [0.5, 0.6) is 0 Å². The van der Waals surface area contributed by atoms with E-state index < -0.39 is 24.3 Å². The van der Waals surface area contributed by atoms with Gasteiger partial charge in [0.05, 0.1) is 34.4 Å². The Morgan fingerprint density at radius 3 is 1.00 bits per heavy atom. The number of allylic oxidation sites excluding steroid dienone is 16. The maximum atomic E-state index is 12.9. The molecule has 490 valence electrons. The van der Waals surface area contributed by atoms with E-state index >= 15 is 0 Å². The van der Waals surface area contributed by atoms with Crippen molar-refractivity contribution in [3.05, 3.63) is 97.2 Å². The number of carboxylic acid groups (broad SMARTS) is 1. The molecule has 0 saturated carbocycles. The Hall–Kier alpha value is -3.79. The zero-order chi connectivity index (χ0) is 61.9. The highest BCUT2D eigenvalue weighted by atomic mass is 16.7. The summed E-state index contributed by atoms with van der Waals surface area (Å²) in [7, 11) is 5.97. The molecule has 0 aromatic carbocycles. The SMILES string of the molecule is CC/C=C\C/C=C\C/C=C\C/C=C\C/C=C\C/C=C\C/C=C\C/C=C\CCCCCCC(=O)OC(COC(=O)CCCCCCCCCCCCCCCCCCCCCCCCCCCCCCCCC)COC(OCC[N+](C)(C)C)C(=O)O. The van der Waals surface area contributed by atoms with E-state index in [1.807, 2.05) is 21.1 Å². The van der Waals surface area contributed by atoms with Crippen LogP contribution in [0.15, 0.2) is 97.2 Å². The van der Waals surface area contributed by atoms with Crippen LogP contribution in [0.25, 0.3) is 0 Å². The predicted molar refractivity (Wildman–Crippen MR) is 364 cm³/mol. The van der Waals surface area contributed by atoms with E-state index in [0.717, 1.165) is 96.3 Å². The van der Waals surface area contributed by atoms with E-state index in [0.29, 0.717) is 23.9 Å². The molecule has 0 spiro atoms. The van der Waals surface area contributed by atoms with Crippen molar-refractivity contribution in [3.63, 3.8) is 0 Å². The molecule has 0 fully saturated rings. The number of likely N-dealkylation sites (N-methyl/N-ethyl adjacent to an activating group) is 1. The fraction of sp³-hybridized carbons (Fsp3) is 0.750. The molecular formula is C76H134NO8+. The molecule has 0 aliphatic heterocycles. The first-order valence-corrected chi connectivity index (χ1v) is 35.4. The highest BCUT2D eigenvalue weighted by molar-refractivity contribution is 5.71. The molecule has 0 aromatic rings. The second-order valence-electron chi connectivity index (χ2n) is 24.8. The van der Waals surface area contributed by atoms with Crippen LogP contribution in [-0.4, -0.2) is 87.4 Å². The molecule has 2 atom stereocenters.